The van der Waals surface area contributed by atoms with E-state index in [1.54, 1.807) is 37.3 Å². The van der Waals surface area contributed by atoms with E-state index in [0.29, 0.717) is 0 Å². The third-order valence-corrected chi connectivity index (χ3v) is 6.39. The second-order valence-corrected chi connectivity index (χ2v) is 8.06. The fraction of sp³-hybridized carbons (Fsp3) is 0.190. The molecule has 0 atom stereocenters. The van der Waals surface area contributed by atoms with Gasteiger partial charge in [-0.25, -0.2) is 4.98 Å². The third kappa shape index (κ3) is 4.28. The first-order valence-electron chi connectivity index (χ1n) is 8.93. The van der Waals surface area contributed by atoms with Gasteiger partial charge in [0.1, 0.15) is 16.5 Å². The Morgan fingerprint density at radius 2 is 1.76 bits per heavy atom. The Morgan fingerprint density at radius 1 is 0.966 bits per heavy atom. The van der Waals surface area contributed by atoms with Crippen LogP contribution in [-0.4, -0.2) is 34.0 Å². The zero-order valence-corrected chi connectivity index (χ0v) is 18.0. The van der Waals surface area contributed by atoms with Gasteiger partial charge in [0.2, 0.25) is 0 Å². The minimum atomic E-state index is 0.731. The fourth-order valence-corrected chi connectivity index (χ4v) is 4.56. The summed E-state index contributed by atoms with van der Waals surface area (Å²) in [4.78, 5) is 4.76. The summed E-state index contributed by atoms with van der Waals surface area (Å²) in [6.45, 7) is 0. The Morgan fingerprint density at radius 3 is 2.52 bits per heavy atom. The lowest BCUT2D eigenvalue weighted by molar-refractivity contribution is 0.415. The van der Waals surface area contributed by atoms with E-state index in [0.717, 1.165) is 50.1 Å². The molecule has 0 amide bonds. The lowest BCUT2D eigenvalue weighted by Crippen LogP contribution is -1.95. The zero-order chi connectivity index (χ0) is 20.2. The average molecular weight is 425 g/mol. The number of benzene rings is 2. The molecule has 2 aromatic heterocycles. The average Bonchev–Trinajstić information content (AvgIpc) is 3.39. The van der Waals surface area contributed by atoms with Crippen LogP contribution in [-0.2, 0) is 12.8 Å². The lowest BCUT2D eigenvalue weighted by atomic mass is 10.2. The molecular formula is C21H20N4O2S2. The van der Waals surface area contributed by atoms with Gasteiger partial charge in [-0.3, -0.25) is 0 Å². The molecule has 0 fully saturated rings. The van der Waals surface area contributed by atoms with Crippen LogP contribution in [0.4, 0.5) is 0 Å². The van der Waals surface area contributed by atoms with Gasteiger partial charge in [-0.2, -0.15) is 0 Å². The third-order valence-electron chi connectivity index (χ3n) is 4.40. The SMILES string of the molecule is COc1ccc(-c2nnc(SCc3csc(-c4cccc(OC)c4)n3)n2C)cc1. The number of methoxy groups -OCH3 is 2. The predicted octanol–water partition coefficient (Wildman–Crippen LogP) is 4.92. The molecule has 0 aliphatic rings. The lowest BCUT2D eigenvalue weighted by Gasteiger charge is -2.04. The van der Waals surface area contributed by atoms with Gasteiger partial charge in [0, 0.05) is 29.3 Å². The van der Waals surface area contributed by atoms with Gasteiger partial charge in [0.15, 0.2) is 11.0 Å². The van der Waals surface area contributed by atoms with Gasteiger partial charge < -0.3 is 14.0 Å². The van der Waals surface area contributed by atoms with E-state index < -0.39 is 0 Å². The minimum Gasteiger partial charge on any atom is -0.497 e. The molecule has 0 spiro atoms. The predicted molar refractivity (Wildman–Crippen MR) is 117 cm³/mol. The number of rotatable bonds is 7. The zero-order valence-electron chi connectivity index (χ0n) is 16.3. The number of thioether (sulfide) groups is 1. The molecular weight excluding hydrogens is 404 g/mol. The Bertz CT molecular complexity index is 1110. The first-order chi connectivity index (χ1) is 14.2. The summed E-state index contributed by atoms with van der Waals surface area (Å²) < 4.78 is 12.5. The Hall–Kier alpha value is -2.84. The number of hydrogen-bond acceptors (Lipinski definition) is 7. The highest BCUT2D eigenvalue weighted by Crippen LogP contribution is 2.30. The van der Waals surface area contributed by atoms with Crippen molar-refractivity contribution in [2.45, 2.75) is 10.9 Å². The van der Waals surface area contributed by atoms with Crippen molar-refractivity contribution in [3.8, 4) is 33.5 Å². The maximum Gasteiger partial charge on any atom is 0.191 e. The van der Waals surface area contributed by atoms with Crippen molar-refractivity contribution in [1.82, 2.24) is 19.7 Å². The molecule has 2 aromatic carbocycles. The van der Waals surface area contributed by atoms with E-state index in [9.17, 15) is 0 Å². The number of thiazole rings is 1. The summed E-state index contributed by atoms with van der Waals surface area (Å²) in [5.41, 5.74) is 3.08. The van der Waals surface area contributed by atoms with Crippen molar-refractivity contribution < 1.29 is 9.47 Å². The van der Waals surface area contributed by atoms with E-state index in [-0.39, 0.29) is 0 Å². The van der Waals surface area contributed by atoms with Gasteiger partial charge in [-0.05, 0) is 36.4 Å². The normalized spacial score (nSPS) is 10.9. The van der Waals surface area contributed by atoms with Gasteiger partial charge in [0.25, 0.3) is 0 Å². The molecule has 0 saturated carbocycles. The molecule has 0 radical (unpaired) electrons. The number of nitrogens with zero attached hydrogens (tertiary/aromatic N) is 4. The van der Waals surface area contributed by atoms with E-state index in [1.165, 1.54) is 0 Å². The van der Waals surface area contributed by atoms with Crippen molar-refractivity contribution in [3.63, 3.8) is 0 Å². The molecule has 4 aromatic rings. The quantitative estimate of drug-likeness (QED) is 0.393. The van der Waals surface area contributed by atoms with E-state index >= 15 is 0 Å². The Kier molecular flexibility index (Phi) is 5.82. The first kappa shape index (κ1) is 19.5. The molecule has 0 bridgehead atoms. The van der Waals surface area contributed by atoms with Crippen LogP contribution >= 0.6 is 23.1 Å². The van der Waals surface area contributed by atoms with Crippen LogP contribution in [0.3, 0.4) is 0 Å². The maximum atomic E-state index is 5.30. The van der Waals surface area contributed by atoms with Crippen molar-refractivity contribution >= 4 is 23.1 Å². The van der Waals surface area contributed by atoms with Gasteiger partial charge in [0.05, 0.1) is 19.9 Å². The molecule has 8 heteroatoms. The smallest absolute Gasteiger partial charge is 0.191 e. The van der Waals surface area contributed by atoms with Crippen molar-refractivity contribution in [2.24, 2.45) is 7.05 Å². The number of hydrogen-bond donors (Lipinski definition) is 0. The van der Waals surface area contributed by atoms with E-state index in [2.05, 4.69) is 15.6 Å². The molecule has 148 valence electrons. The van der Waals surface area contributed by atoms with Crippen LogP contribution in [0.1, 0.15) is 5.69 Å². The fourth-order valence-electron chi connectivity index (χ4n) is 2.83. The monoisotopic (exact) mass is 424 g/mol. The van der Waals surface area contributed by atoms with Crippen molar-refractivity contribution in [2.75, 3.05) is 14.2 Å². The second kappa shape index (κ2) is 8.67. The molecule has 0 aliphatic heterocycles. The summed E-state index contributed by atoms with van der Waals surface area (Å²) in [5, 5.41) is 12.6. The van der Waals surface area contributed by atoms with Gasteiger partial charge in [-0.1, -0.05) is 23.9 Å². The van der Waals surface area contributed by atoms with Crippen LogP contribution in [0.15, 0.2) is 59.1 Å². The van der Waals surface area contributed by atoms with Crippen LogP contribution in [0.5, 0.6) is 11.5 Å². The maximum absolute atomic E-state index is 5.30. The van der Waals surface area contributed by atoms with Crippen LogP contribution < -0.4 is 9.47 Å². The highest BCUT2D eigenvalue weighted by molar-refractivity contribution is 7.98. The molecule has 6 nitrogen and oxygen atoms in total. The summed E-state index contributed by atoms with van der Waals surface area (Å²) in [6, 6.07) is 15.8. The molecule has 29 heavy (non-hydrogen) atoms. The highest BCUT2D eigenvalue weighted by Gasteiger charge is 2.13. The van der Waals surface area contributed by atoms with E-state index in [4.69, 9.17) is 14.5 Å². The minimum absolute atomic E-state index is 0.731. The number of aromatic nitrogens is 4. The second-order valence-electron chi connectivity index (χ2n) is 6.26. The van der Waals surface area contributed by atoms with Gasteiger partial charge in [-0.15, -0.1) is 21.5 Å². The number of ether oxygens (including phenoxy) is 2. The van der Waals surface area contributed by atoms with Crippen LogP contribution in [0.2, 0.25) is 0 Å². The Balaban J connectivity index is 1.46. The molecule has 0 aliphatic carbocycles. The van der Waals surface area contributed by atoms with Crippen LogP contribution in [0, 0.1) is 0 Å². The molecule has 4 rings (SSSR count). The van der Waals surface area contributed by atoms with Gasteiger partial charge >= 0.3 is 0 Å². The molecule has 0 N–H and O–H groups in total. The van der Waals surface area contributed by atoms with E-state index in [1.807, 2.05) is 60.1 Å². The molecule has 0 saturated heterocycles. The van der Waals surface area contributed by atoms with Crippen molar-refractivity contribution in [3.05, 3.63) is 59.6 Å². The summed E-state index contributed by atoms with van der Waals surface area (Å²) in [7, 11) is 5.30. The largest absolute Gasteiger partial charge is 0.497 e. The topological polar surface area (TPSA) is 62.1 Å². The molecule has 0 unspecified atom stereocenters. The molecule has 2 heterocycles. The van der Waals surface area contributed by atoms with Crippen molar-refractivity contribution in [1.29, 1.82) is 0 Å². The highest BCUT2D eigenvalue weighted by atomic mass is 32.2. The summed E-state index contributed by atoms with van der Waals surface area (Å²) >= 11 is 3.26. The first-order valence-corrected chi connectivity index (χ1v) is 10.8. The standard InChI is InChI=1S/C21H20N4O2S2/c1-25-19(14-7-9-17(26-2)10-8-14)23-24-21(25)29-13-16-12-28-20(22-16)15-5-4-6-18(11-15)27-3/h4-12H,13H2,1-3H3. The van der Waals surface area contributed by atoms with Crippen LogP contribution in [0.25, 0.3) is 22.0 Å². The summed E-state index contributed by atoms with van der Waals surface area (Å²) in [6.07, 6.45) is 0. The Labute approximate surface area is 177 Å². The summed E-state index contributed by atoms with van der Waals surface area (Å²) in [5.74, 6) is 3.21.